The molecule has 76 valence electrons. The van der Waals surface area contributed by atoms with Crippen LogP contribution in [-0.2, 0) is 4.79 Å². The third-order valence-corrected chi connectivity index (χ3v) is 1.81. The van der Waals surface area contributed by atoms with Crippen molar-refractivity contribution in [3.05, 3.63) is 24.3 Å². The maximum Gasteiger partial charge on any atom is 0.344 e. The molecule has 0 unspecified atom stereocenters. The molecule has 0 heterocycles. The highest BCUT2D eigenvalue weighted by Gasteiger charge is 2.13. The number of halogens is 2. The lowest BCUT2D eigenvalue weighted by Gasteiger charge is -2.05. The molecule has 0 aliphatic rings. The number of rotatable bonds is 3. The van der Waals surface area contributed by atoms with Crippen LogP contribution in [-0.4, -0.2) is 17.9 Å². The van der Waals surface area contributed by atoms with Crippen molar-refractivity contribution in [3.63, 3.8) is 0 Å². The number of carbonyl (C=O) groups is 1. The summed E-state index contributed by atoms with van der Waals surface area (Å²) < 4.78 is 9.75. The maximum absolute atomic E-state index is 10.9. The SMILES string of the molecule is COc1ccc(OC(=O)C(Cl)Cl)cc1. The van der Waals surface area contributed by atoms with Gasteiger partial charge in [0.1, 0.15) is 11.5 Å². The topological polar surface area (TPSA) is 35.5 Å². The van der Waals surface area contributed by atoms with Crippen LogP contribution in [0, 0.1) is 0 Å². The Morgan fingerprint density at radius 2 is 1.71 bits per heavy atom. The van der Waals surface area contributed by atoms with E-state index in [0.29, 0.717) is 11.5 Å². The van der Waals surface area contributed by atoms with Crippen LogP contribution < -0.4 is 9.47 Å². The number of methoxy groups -OCH3 is 1. The standard InChI is InChI=1S/C9H8Cl2O3/c1-13-6-2-4-7(5-3-6)14-9(12)8(10)11/h2-5,8H,1H3. The number of esters is 1. The van der Waals surface area contributed by atoms with E-state index < -0.39 is 10.8 Å². The summed E-state index contributed by atoms with van der Waals surface area (Å²) >= 11 is 10.6. The van der Waals surface area contributed by atoms with Crippen molar-refractivity contribution >= 4 is 29.2 Å². The summed E-state index contributed by atoms with van der Waals surface area (Å²) in [6.07, 6.45) is 0. The Hall–Kier alpha value is -0.930. The van der Waals surface area contributed by atoms with E-state index in [1.165, 1.54) is 0 Å². The Labute approximate surface area is 91.5 Å². The summed E-state index contributed by atoms with van der Waals surface area (Å²) in [5, 5.41) is 0. The van der Waals surface area contributed by atoms with Gasteiger partial charge in [0.2, 0.25) is 4.84 Å². The Bertz CT molecular complexity index is 308. The summed E-state index contributed by atoms with van der Waals surface area (Å²) in [5.74, 6) is 0.360. The van der Waals surface area contributed by atoms with Crippen LogP contribution in [0.15, 0.2) is 24.3 Å². The minimum Gasteiger partial charge on any atom is -0.497 e. The lowest BCUT2D eigenvalue weighted by atomic mass is 10.3. The first-order chi connectivity index (χ1) is 6.63. The third kappa shape index (κ3) is 3.09. The number of carbonyl (C=O) groups excluding carboxylic acids is 1. The monoisotopic (exact) mass is 234 g/mol. The second-order valence-electron chi connectivity index (χ2n) is 2.40. The molecule has 3 nitrogen and oxygen atoms in total. The van der Waals surface area contributed by atoms with E-state index in [1.807, 2.05) is 0 Å². The first kappa shape index (κ1) is 11.1. The molecule has 0 aliphatic carbocycles. The normalized spacial score (nSPS) is 10.0. The predicted octanol–water partition coefficient (Wildman–Crippen LogP) is 2.40. The highest BCUT2D eigenvalue weighted by atomic mass is 35.5. The van der Waals surface area contributed by atoms with E-state index in [2.05, 4.69) is 0 Å². The van der Waals surface area contributed by atoms with Crippen molar-refractivity contribution < 1.29 is 14.3 Å². The van der Waals surface area contributed by atoms with Crippen LogP contribution in [0.1, 0.15) is 0 Å². The molecule has 0 amide bonds. The van der Waals surface area contributed by atoms with E-state index in [4.69, 9.17) is 32.7 Å². The summed E-state index contributed by atoms with van der Waals surface area (Å²) in [6, 6.07) is 6.51. The molecule has 5 heteroatoms. The van der Waals surface area contributed by atoms with Gasteiger partial charge in [-0.3, -0.25) is 0 Å². The summed E-state index contributed by atoms with van der Waals surface area (Å²) in [7, 11) is 1.55. The molecular formula is C9H8Cl2O3. The largest absolute Gasteiger partial charge is 0.497 e. The summed E-state index contributed by atoms with van der Waals surface area (Å²) in [6.45, 7) is 0. The zero-order valence-corrected chi connectivity index (χ0v) is 8.88. The van der Waals surface area contributed by atoms with Gasteiger partial charge in [0.15, 0.2) is 0 Å². The minimum absolute atomic E-state index is 0.377. The quantitative estimate of drug-likeness (QED) is 0.458. The number of benzene rings is 1. The molecule has 0 aromatic heterocycles. The number of ether oxygens (including phenoxy) is 2. The number of hydrogen-bond acceptors (Lipinski definition) is 3. The molecule has 0 atom stereocenters. The van der Waals surface area contributed by atoms with E-state index in [9.17, 15) is 4.79 Å². The van der Waals surface area contributed by atoms with Gasteiger partial charge < -0.3 is 9.47 Å². The highest BCUT2D eigenvalue weighted by molar-refractivity contribution is 6.53. The van der Waals surface area contributed by atoms with E-state index in [1.54, 1.807) is 31.4 Å². The Morgan fingerprint density at radius 1 is 1.21 bits per heavy atom. The molecule has 14 heavy (non-hydrogen) atoms. The molecule has 0 aliphatic heterocycles. The Morgan fingerprint density at radius 3 is 2.14 bits per heavy atom. The Kier molecular flexibility index (Phi) is 4.04. The lowest BCUT2D eigenvalue weighted by Crippen LogP contribution is -2.15. The van der Waals surface area contributed by atoms with Gasteiger partial charge >= 0.3 is 5.97 Å². The predicted molar refractivity (Wildman–Crippen MR) is 54.1 cm³/mol. The zero-order chi connectivity index (χ0) is 10.6. The van der Waals surface area contributed by atoms with Crippen LogP contribution in [0.25, 0.3) is 0 Å². The maximum atomic E-state index is 10.9. The number of hydrogen-bond donors (Lipinski definition) is 0. The van der Waals surface area contributed by atoms with Gasteiger partial charge in [-0.2, -0.15) is 0 Å². The van der Waals surface area contributed by atoms with E-state index in [0.717, 1.165) is 0 Å². The summed E-state index contributed by atoms with van der Waals surface area (Å²) in [4.78, 5) is 9.78. The lowest BCUT2D eigenvalue weighted by molar-refractivity contribution is -0.132. The van der Waals surface area contributed by atoms with Gasteiger partial charge in [-0.1, -0.05) is 23.2 Å². The fourth-order valence-corrected chi connectivity index (χ4v) is 0.894. The third-order valence-electron chi connectivity index (χ3n) is 1.46. The van der Waals surface area contributed by atoms with E-state index >= 15 is 0 Å². The van der Waals surface area contributed by atoms with Gasteiger partial charge in [0.05, 0.1) is 7.11 Å². The van der Waals surface area contributed by atoms with Crippen molar-refractivity contribution in [3.8, 4) is 11.5 Å². The zero-order valence-electron chi connectivity index (χ0n) is 7.37. The fraction of sp³-hybridized carbons (Fsp3) is 0.222. The molecule has 1 aromatic carbocycles. The van der Waals surface area contributed by atoms with Crippen LogP contribution in [0.5, 0.6) is 11.5 Å². The van der Waals surface area contributed by atoms with Crippen molar-refractivity contribution in [2.75, 3.05) is 7.11 Å². The molecule has 0 saturated heterocycles. The fourth-order valence-electron chi connectivity index (χ4n) is 0.804. The molecule has 1 rings (SSSR count). The second-order valence-corrected chi connectivity index (χ2v) is 3.49. The highest BCUT2D eigenvalue weighted by Crippen LogP contribution is 2.18. The van der Waals surface area contributed by atoms with Gasteiger partial charge in [0, 0.05) is 0 Å². The van der Waals surface area contributed by atoms with Crippen LogP contribution in [0.2, 0.25) is 0 Å². The van der Waals surface area contributed by atoms with Crippen LogP contribution in [0.4, 0.5) is 0 Å². The Balaban J connectivity index is 2.64. The van der Waals surface area contributed by atoms with Crippen LogP contribution >= 0.6 is 23.2 Å². The van der Waals surface area contributed by atoms with Gasteiger partial charge in [-0.25, -0.2) is 4.79 Å². The first-order valence-electron chi connectivity index (χ1n) is 3.77. The molecule has 0 fully saturated rings. The molecule has 0 saturated carbocycles. The van der Waals surface area contributed by atoms with Crippen LogP contribution in [0.3, 0.4) is 0 Å². The second kappa shape index (κ2) is 5.08. The van der Waals surface area contributed by atoms with Gasteiger partial charge in [-0.05, 0) is 24.3 Å². The van der Waals surface area contributed by atoms with Crippen molar-refractivity contribution in [2.24, 2.45) is 0 Å². The van der Waals surface area contributed by atoms with E-state index in [-0.39, 0.29) is 0 Å². The molecule has 0 N–H and O–H groups in total. The average Bonchev–Trinajstić information content (AvgIpc) is 2.19. The molecular weight excluding hydrogens is 227 g/mol. The smallest absolute Gasteiger partial charge is 0.344 e. The number of alkyl halides is 2. The molecule has 0 radical (unpaired) electrons. The van der Waals surface area contributed by atoms with Crippen molar-refractivity contribution in [2.45, 2.75) is 4.84 Å². The van der Waals surface area contributed by atoms with Gasteiger partial charge in [-0.15, -0.1) is 0 Å². The summed E-state index contributed by atoms with van der Waals surface area (Å²) in [5.41, 5.74) is 0. The first-order valence-corrected chi connectivity index (χ1v) is 4.64. The van der Waals surface area contributed by atoms with Gasteiger partial charge in [0.25, 0.3) is 0 Å². The minimum atomic E-state index is -1.17. The van der Waals surface area contributed by atoms with Crippen molar-refractivity contribution in [1.82, 2.24) is 0 Å². The molecule has 1 aromatic rings. The average molecular weight is 235 g/mol. The molecule has 0 bridgehead atoms. The van der Waals surface area contributed by atoms with Crippen molar-refractivity contribution in [1.29, 1.82) is 0 Å². The molecule has 0 spiro atoms.